The van der Waals surface area contributed by atoms with Crippen LogP contribution in [0, 0.1) is 11.6 Å². The van der Waals surface area contributed by atoms with Gasteiger partial charge in [-0.1, -0.05) is 12.8 Å². The van der Waals surface area contributed by atoms with Crippen LogP contribution in [0.3, 0.4) is 0 Å². The zero-order chi connectivity index (χ0) is 16.7. The van der Waals surface area contributed by atoms with E-state index in [1.54, 1.807) is 11.8 Å². The fraction of sp³-hybridized carbons (Fsp3) is 0.588. The molecule has 1 heterocycles. The molecule has 1 atom stereocenters. The molecule has 1 amide bonds. The van der Waals surface area contributed by atoms with Crippen LogP contribution in [-0.4, -0.2) is 41.1 Å². The zero-order valence-corrected chi connectivity index (χ0v) is 13.2. The number of hydrogen-bond donors (Lipinski definition) is 2. The van der Waals surface area contributed by atoms with Crippen molar-refractivity contribution in [3.8, 4) is 0 Å². The van der Waals surface area contributed by atoms with Crippen LogP contribution < -0.4 is 5.32 Å². The van der Waals surface area contributed by atoms with Gasteiger partial charge in [-0.15, -0.1) is 0 Å². The van der Waals surface area contributed by atoms with E-state index >= 15 is 0 Å². The first-order chi connectivity index (χ1) is 10.9. The second-order valence-corrected chi connectivity index (χ2v) is 6.76. The number of hydrogen-bond acceptors (Lipinski definition) is 3. The minimum absolute atomic E-state index is 0.0810. The normalized spacial score (nSPS) is 27.0. The van der Waals surface area contributed by atoms with Gasteiger partial charge >= 0.3 is 0 Å². The van der Waals surface area contributed by atoms with E-state index < -0.39 is 22.7 Å². The van der Waals surface area contributed by atoms with Crippen LogP contribution in [0.2, 0.25) is 0 Å². The second-order valence-electron chi connectivity index (χ2n) is 6.76. The van der Waals surface area contributed by atoms with Gasteiger partial charge in [-0.2, -0.15) is 0 Å². The topological polar surface area (TPSA) is 52.6 Å². The van der Waals surface area contributed by atoms with Crippen molar-refractivity contribution in [3.63, 3.8) is 0 Å². The fourth-order valence-electron chi connectivity index (χ4n) is 3.93. The van der Waals surface area contributed by atoms with Gasteiger partial charge in [0.25, 0.3) is 0 Å². The Hall–Kier alpha value is -1.53. The molecule has 126 valence electrons. The molecule has 1 saturated heterocycles. The van der Waals surface area contributed by atoms with Crippen LogP contribution in [0.1, 0.15) is 38.2 Å². The number of nitrogens with one attached hydrogen (secondary N) is 1. The Bertz CT molecular complexity index is 596. The second kappa shape index (κ2) is 5.83. The average Bonchev–Trinajstić information content (AvgIpc) is 2.97. The summed E-state index contributed by atoms with van der Waals surface area (Å²) in [5.74, 6) is -1.42. The van der Waals surface area contributed by atoms with E-state index in [1.807, 2.05) is 0 Å². The summed E-state index contributed by atoms with van der Waals surface area (Å²) in [4.78, 5) is 14.6. The molecule has 0 bridgehead atoms. The van der Waals surface area contributed by atoms with Crippen molar-refractivity contribution in [2.24, 2.45) is 0 Å². The number of carbonyl (C=O) groups excluding carboxylic acids is 1. The lowest BCUT2D eigenvalue weighted by Crippen LogP contribution is -2.70. The molecule has 2 N–H and O–H groups in total. The summed E-state index contributed by atoms with van der Waals surface area (Å²) in [6, 6.07) is 3.34. The Labute approximate surface area is 134 Å². The molecule has 6 heteroatoms. The number of amides is 1. The highest BCUT2D eigenvalue weighted by atomic mass is 19.1. The van der Waals surface area contributed by atoms with Crippen LogP contribution in [0.4, 0.5) is 8.78 Å². The third kappa shape index (κ3) is 2.64. The summed E-state index contributed by atoms with van der Waals surface area (Å²) in [5.41, 5.74) is -1.07. The Balaban J connectivity index is 2.01. The maximum absolute atomic E-state index is 13.6. The van der Waals surface area contributed by atoms with Gasteiger partial charge in [0.05, 0.1) is 17.7 Å². The standard InChI is InChI=1S/C17H22F2N2O2/c1-16(12-8-13(18)10-14(19)9-12)11-20-17(4-2-3-5-17)15(23)21(16)6-7-22/h8-10,20,22H,2-7,11H2,1H3. The minimum atomic E-state index is -0.892. The lowest BCUT2D eigenvalue weighted by molar-refractivity contribution is -0.151. The number of nitrogens with zero attached hydrogens (tertiary/aromatic N) is 1. The highest BCUT2D eigenvalue weighted by Gasteiger charge is 2.53. The molecule has 1 aromatic rings. The molecule has 1 spiro atoms. The Morgan fingerprint density at radius 1 is 1.22 bits per heavy atom. The van der Waals surface area contributed by atoms with Gasteiger partial charge < -0.3 is 15.3 Å². The van der Waals surface area contributed by atoms with Crippen molar-refractivity contribution in [3.05, 3.63) is 35.4 Å². The summed E-state index contributed by atoms with van der Waals surface area (Å²) >= 11 is 0. The molecule has 1 aromatic carbocycles. The van der Waals surface area contributed by atoms with Crippen LogP contribution in [0.25, 0.3) is 0 Å². The average molecular weight is 324 g/mol. The molecule has 1 unspecified atom stereocenters. The predicted octanol–water partition coefficient (Wildman–Crippen LogP) is 1.92. The highest BCUT2D eigenvalue weighted by molar-refractivity contribution is 5.88. The molecule has 1 aliphatic carbocycles. The van der Waals surface area contributed by atoms with Crippen molar-refractivity contribution in [2.45, 2.75) is 43.7 Å². The lowest BCUT2D eigenvalue weighted by Gasteiger charge is -2.51. The molecule has 1 saturated carbocycles. The quantitative estimate of drug-likeness (QED) is 0.893. The fourth-order valence-corrected chi connectivity index (χ4v) is 3.93. The number of aliphatic hydroxyl groups is 1. The number of β-amino-alcohol motifs (C(OH)–C–C–N with tert-alkyl or cyclic N) is 1. The summed E-state index contributed by atoms with van der Waals surface area (Å²) < 4.78 is 27.3. The zero-order valence-electron chi connectivity index (χ0n) is 13.2. The first kappa shape index (κ1) is 16.3. The smallest absolute Gasteiger partial charge is 0.243 e. The third-order valence-electron chi connectivity index (χ3n) is 5.29. The number of halogens is 2. The highest BCUT2D eigenvalue weighted by Crippen LogP contribution is 2.40. The summed E-state index contributed by atoms with van der Waals surface area (Å²) in [7, 11) is 0. The maximum atomic E-state index is 13.6. The van der Waals surface area contributed by atoms with Crippen molar-refractivity contribution >= 4 is 5.91 Å². The van der Waals surface area contributed by atoms with Gasteiger partial charge in [0.2, 0.25) is 5.91 Å². The lowest BCUT2D eigenvalue weighted by atomic mass is 9.81. The van der Waals surface area contributed by atoms with Gasteiger partial charge in [0.15, 0.2) is 0 Å². The number of benzene rings is 1. The van der Waals surface area contributed by atoms with E-state index in [0.717, 1.165) is 31.7 Å². The predicted molar refractivity (Wildman–Crippen MR) is 81.7 cm³/mol. The molecular formula is C17H22F2N2O2. The Morgan fingerprint density at radius 3 is 2.39 bits per heavy atom. The summed E-state index contributed by atoms with van der Waals surface area (Å²) in [6.07, 6.45) is 3.50. The van der Waals surface area contributed by atoms with Gasteiger partial charge in [0, 0.05) is 19.2 Å². The van der Waals surface area contributed by atoms with Crippen molar-refractivity contribution in [1.29, 1.82) is 0 Å². The number of piperazine rings is 1. The minimum Gasteiger partial charge on any atom is -0.395 e. The monoisotopic (exact) mass is 324 g/mol. The summed E-state index contributed by atoms with van der Waals surface area (Å²) in [5, 5.41) is 12.7. The number of rotatable bonds is 3. The van der Waals surface area contributed by atoms with Crippen molar-refractivity contribution < 1.29 is 18.7 Å². The molecule has 4 nitrogen and oxygen atoms in total. The van der Waals surface area contributed by atoms with Crippen LogP contribution in [0.5, 0.6) is 0 Å². The van der Waals surface area contributed by atoms with Crippen LogP contribution in [0.15, 0.2) is 18.2 Å². The molecule has 0 radical (unpaired) electrons. The van der Waals surface area contributed by atoms with Gasteiger partial charge in [-0.3, -0.25) is 4.79 Å². The van der Waals surface area contributed by atoms with E-state index in [0.29, 0.717) is 12.1 Å². The Kier molecular flexibility index (Phi) is 4.14. The van der Waals surface area contributed by atoms with Gasteiger partial charge in [-0.25, -0.2) is 8.78 Å². The molecular weight excluding hydrogens is 302 g/mol. The van der Waals surface area contributed by atoms with Crippen molar-refractivity contribution in [2.75, 3.05) is 19.7 Å². The van der Waals surface area contributed by atoms with Gasteiger partial charge in [-0.05, 0) is 37.5 Å². The third-order valence-corrected chi connectivity index (χ3v) is 5.29. The molecule has 3 rings (SSSR count). The molecule has 23 heavy (non-hydrogen) atoms. The van der Waals surface area contributed by atoms with E-state index in [9.17, 15) is 18.7 Å². The maximum Gasteiger partial charge on any atom is 0.243 e. The first-order valence-corrected chi connectivity index (χ1v) is 8.06. The molecule has 2 fully saturated rings. The molecule has 0 aromatic heterocycles. The largest absolute Gasteiger partial charge is 0.395 e. The Morgan fingerprint density at radius 2 is 1.83 bits per heavy atom. The van der Waals surface area contributed by atoms with Gasteiger partial charge in [0.1, 0.15) is 11.6 Å². The van der Waals surface area contributed by atoms with E-state index in [1.165, 1.54) is 12.1 Å². The molecule has 2 aliphatic rings. The summed E-state index contributed by atoms with van der Waals surface area (Å²) in [6.45, 7) is 2.15. The molecule has 1 aliphatic heterocycles. The number of carbonyl (C=O) groups is 1. The van der Waals surface area contributed by atoms with Crippen LogP contribution >= 0.6 is 0 Å². The van der Waals surface area contributed by atoms with Crippen molar-refractivity contribution in [1.82, 2.24) is 10.2 Å². The van der Waals surface area contributed by atoms with Crippen LogP contribution in [-0.2, 0) is 10.3 Å². The van der Waals surface area contributed by atoms with E-state index in [-0.39, 0.29) is 19.1 Å². The van der Waals surface area contributed by atoms with E-state index in [2.05, 4.69) is 5.32 Å². The first-order valence-electron chi connectivity index (χ1n) is 8.06. The SMILES string of the molecule is CC1(c2cc(F)cc(F)c2)CNC2(CCCC2)C(=O)N1CCO. The number of aliphatic hydroxyl groups excluding tert-OH is 1. The van der Waals surface area contributed by atoms with E-state index in [4.69, 9.17) is 0 Å².